The standard InChI is InChI=1S/C13H23N3O2/c1-9-8-11(9)16-13(18)15-7-3-6-14-12(17)10-4-2-5-10/h9-11H,2-8H2,1H3,(H,14,17)(H2,15,16,18)/t9-,11-/m1/s1. The van der Waals surface area contributed by atoms with E-state index in [1.165, 1.54) is 6.42 Å². The molecule has 2 aliphatic carbocycles. The van der Waals surface area contributed by atoms with Gasteiger partial charge < -0.3 is 16.0 Å². The molecule has 2 aliphatic rings. The molecule has 0 unspecified atom stereocenters. The van der Waals surface area contributed by atoms with E-state index < -0.39 is 0 Å². The van der Waals surface area contributed by atoms with E-state index in [-0.39, 0.29) is 17.9 Å². The number of nitrogens with one attached hydrogen (secondary N) is 3. The minimum absolute atomic E-state index is 0.0883. The number of carbonyl (C=O) groups is 2. The van der Waals surface area contributed by atoms with Gasteiger partial charge in [0.2, 0.25) is 5.91 Å². The molecule has 0 spiro atoms. The first-order valence-corrected chi connectivity index (χ1v) is 6.99. The van der Waals surface area contributed by atoms with Gasteiger partial charge in [-0.1, -0.05) is 13.3 Å². The summed E-state index contributed by atoms with van der Waals surface area (Å²) in [5.41, 5.74) is 0. The lowest BCUT2D eigenvalue weighted by molar-refractivity contribution is -0.127. The fourth-order valence-corrected chi connectivity index (χ4v) is 2.06. The Balaban J connectivity index is 1.43. The Bertz CT molecular complexity index is 315. The first kappa shape index (κ1) is 13.2. The minimum Gasteiger partial charge on any atom is -0.356 e. The summed E-state index contributed by atoms with van der Waals surface area (Å²) in [6.07, 6.45) is 5.12. The number of amides is 3. The molecule has 3 amide bonds. The molecule has 5 heteroatoms. The zero-order valence-electron chi connectivity index (χ0n) is 11.0. The number of hydrogen-bond acceptors (Lipinski definition) is 2. The molecule has 0 aromatic rings. The van der Waals surface area contributed by atoms with Gasteiger partial charge in [-0.05, 0) is 31.6 Å². The molecule has 3 N–H and O–H groups in total. The van der Waals surface area contributed by atoms with Crippen LogP contribution in [0.25, 0.3) is 0 Å². The average molecular weight is 253 g/mol. The van der Waals surface area contributed by atoms with Crippen LogP contribution in [-0.4, -0.2) is 31.1 Å². The lowest BCUT2D eigenvalue weighted by Crippen LogP contribution is -2.39. The topological polar surface area (TPSA) is 70.2 Å². The minimum atomic E-state index is -0.0883. The van der Waals surface area contributed by atoms with Crippen molar-refractivity contribution in [1.82, 2.24) is 16.0 Å². The molecule has 0 saturated heterocycles. The van der Waals surface area contributed by atoms with Gasteiger partial charge in [-0.3, -0.25) is 4.79 Å². The van der Waals surface area contributed by atoms with Crippen molar-refractivity contribution in [1.29, 1.82) is 0 Å². The van der Waals surface area contributed by atoms with E-state index in [1.807, 2.05) is 0 Å². The maximum absolute atomic E-state index is 11.5. The number of hydrogen-bond donors (Lipinski definition) is 3. The van der Waals surface area contributed by atoms with Crippen LogP contribution in [0.2, 0.25) is 0 Å². The highest BCUT2D eigenvalue weighted by molar-refractivity contribution is 5.79. The van der Waals surface area contributed by atoms with Crippen molar-refractivity contribution >= 4 is 11.9 Å². The van der Waals surface area contributed by atoms with Gasteiger partial charge in [0.15, 0.2) is 0 Å². The maximum atomic E-state index is 11.5. The van der Waals surface area contributed by atoms with Crippen molar-refractivity contribution in [2.24, 2.45) is 11.8 Å². The van der Waals surface area contributed by atoms with E-state index in [9.17, 15) is 9.59 Å². The predicted molar refractivity (Wildman–Crippen MR) is 69.1 cm³/mol. The summed E-state index contributed by atoms with van der Waals surface area (Å²) in [5, 5.41) is 8.61. The summed E-state index contributed by atoms with van der Waals surface area (Å²) >= 11 is 0. The second kappa shape index (κ2) is 6.07. The Morgan fingerprint density at radius 2 is 1.83 bits per heavy atom. The number of rotatable bonds is 6. The third-order valence-electron chi connectivity index (χ3n) is 3.84. The summed E-state index contributed by atoms with van der Waals surface area (Å²) in [7, 11) is 0. The lowest BCUT2D eigenvalue weighted by Gasteiger charge is -2.23. The molecule has 0 aromatic carbocycles. The van der Waals surface area contributed by atoms with E-state index in [2.05, 4.69) is 22.9 Å². The van der Waals surface area contributed by atoms with Gasteiger partial charge >= 0.3 is 6.03 Å². The number of urea groups is 1. The van der Waals surface area contributed by atoms with E-state index in [0.29, 0.717) is 25.0 Å². The third kappa shape index (κ3) is 3.89. The molecule has 0 heterocycles. The lowest BCUT2D eigenvalue weighted by atomic mass is 9.85. The summed E-state index contributed by atoms with van der Waals surface area (Å²) in [6, 6.07) is 0.276. The third-order valence-corrected chi connectivity index (χ3v) is 3.84. The summed E-state index contributed by atoms with van der Waals surface area (Å²) < 4.78 is 0. The van der Waals surface area contributed by atoms with Crippen LogP contribution in [0, 0.1) is 11.8 Å². The molecule has 0 bridgehead atoms. The Morgan fingerprint density at radius 3 is 2.39 bits per heavy atom. The molecule has 18 heavy (non-hydrogen) atoms. The summed E-state index contributed by atoms with van der Waals surface area (Å²) in [5.74, 6) is 1.05. The molecule has 102 valence electrons. The highest BCUT2D eigenvalue weighted by Crippen LogP contribution is 2.28. The van der Waals surface area contributed by atoms with Crippen molar-refractivity contribution < 1.29 is 9.59 Å². The zero-order chi connectivity index (χ0) is 13.0. The van der Waals surface area contributed by atoms with Crippen molar-refractivity contribution in [3.8, 4) is 0 Å². The van der Waals surface area contributed by atoms with Crippen LogP contribution >= 0.6 is 0 Å². The van der Waals surface area contributed by atoms with Crippen molar-refractivity contribution in [3.63, 3.8) is 0 Å². The van der Waals surface area contributed by atoms with E-state index >= 15 is 0 Å². The quantitative estimate of drug-likeness (QED) is 0.618. The van der Waals surface area contributed by atoms with Crippen LogP contribution in [0.4, 0.5) is 4.79 Å². The Kier molecular flexibility index (Phi) is 4.44. The van der Waals surface area contributed by atoms with Crippen LogP contribution in [0.15, 0.2) is 0 Å². The highest BCUT2D eigenvalue weighted by Gasteiger charge is 2.33. The second-order valence-corrected chi connectivity index (χ2v) is 5.49. The van der Waals surface area contributed by atoms with Crippen molar-refractivity contribution in [3.05, 3.63) is 0 Å². The van der Waals surface area contributed by atoms with E-state index in [4.69, 9.17) is 0 Å². The van der Waals surface area contributed by atoms with E-state index in [0.717, 1.165) is 25.7 Å². The van der Waals surface area contributed by atoms with Gasteiger partial charge in [0, 0.05) is 25.0 Å². The van der Waals surface area contributed by atoms with Crippen molar-refractivity contribution in [2.45, 2.75) is 45.1 Å². The molecule has 0 aliphatic heterocycles. The highest BCUT2D eigenvalue weighted by atomic mass is 16.2. The predicted octanol–water partition coefficient (Wildman–Crippen LogP) is 1.00. The van der Waals surface area contributed by atoms with Gasteiger partial charge in [0.05, 0.1) is 0 Å². The summed E-state index contributed by atoms with van der Waals surface area (Å²) in [6.45, 7) is 3.38. The molecule has 2 saturated carbocycles. The van der Waals surface area contributed by atoms with Crippen LogP contribution in [0.3, 0.4) is 0 Å². The normalized spacial score (nSPS) is 26.1. The van der Waals surface area contributed by atoms with Crippen LogP contribution in [0.5, 0.6) is 0 Å². The first-order valence-electron chi connectivity index (χ1n) is 6.99. The largest absolute Gasteiger partial charge is 0.356 e. The Labute approximate surface area is 108 Å². The fraction of sp³-hybridized carbons (Fsp3) is 0.846. The van der Waals surface area contributed by atoms with Crippen LogP contribution in [0.1, 0.15) is 39.0 Å². The van der Waals surface area contributed by atoms with Gasteiger partial charge in [-0.2, -0.15) is 0 Å². The van der Waals surface area contributed by atoms with Gasteiger partial charge in [0.25, 0.3) is 0 Å². The smallest absolute Gasteiger partial charge is 0.315 e. The zero-order valence-corrected chi connectivity index (χ0v) is 11.0. The van der Waals surface area contributed by atoms with Crippen LogP contribution in [-0.2, 0) is 4.79 Å². The molecule has 2 fully saturated rings. The molecule has 2 rings (SSSR count). The SMILES string of the molecule is C[C@@H]1C[C@H]1NC(=O)NCCCNC(=O)C1CCC1. The molecule has 0 radical (unpaired) electrons. The number of carbonyl (C=O) groups excluding carboxylic acids is 2. The average Bonchev–Trinajstić information content (AvgIpc) is 2.91. The second-order valence-electron chi connectivity index (χ2n) is 5.49. The van der Waals surface area contributed by atoms with Gasteiger partial charge in [0.1, 0.15) is 0 Å². The Morgan fingerprint density at radius 1 is 1.17 bits per heavy atom. The first-order chi connectivity index (χ1) is 8.66. The molecule has 0 aromatic heterocycles. The summed E-state index contributed by atoms with van der Waals surface area (Å²) in [4.78, 5) is 22.9. The van der Waals surface area contributed by atoms with Gasteiger partial charge in [-0.25, -0.2) is 4.79 Å². The molecular formula is C13H23N3O2. The Hall–Kier alpha value is -1.26. The molecule has 2 atom stereocenters. The molecular weight excluding hydrogens is 230 g/mol. The monoisotopic (exact) mass is 253 g/mol. The maximum Gasteiger partial charge on any atom is 0.315 e. The molecule has 5 nitrogen and oxygen atoms in total. The fourth-order valence-electron chi connectivity index (χ4n) is 2.06. The van der Waals surface area contributed by atoms with Gasteiger partial charge in [-0.15, -0.1) is 0 Å². The van der Waals surface area contributed by atoms with Crippen LogP contribution < -0.4 is 16.0 Å². The van der Waals surface area contributed by atoms with Crippen molar-refractivity contribution in [2.75, 3.05) is 13.1 Å². The van der Waals surface area contributed by atoms with E-state index in [1.54, 1.807) is 0 Å².